The van der Waals surface area contributed by atoms with E-state index in [1.54, 1.807) is 12.1 Å². The van der Waals surface area contributed by atoms with Crippen LogP contribution in [-0.4, -0.2) is 44.6 Å². The zero-order valence-electron chi connectivity index (χ0n) is 24.4. The third-order valence-corrected chi connectivity index (χ3v) is 6.54. The zero-order chi connectivity index (χ0) is 32.8. The third kappa shape index (κ3) is 8.73. The molecule has 0 saturated heterocycles. The van der Waals surface area contributed by atoms with E-state index >= 15 is 0 Å². The molecule has 4 rings (SSSR count). The second-order valence-electron chi connectivity index (χ2n) is 10.2. The van der Waals surface area contributed by atoms with Crippen LogP contribution < -0.4 is 26.2 Å². The van der Waals surface area contributed by atoms with E-state index in [1.165, 1.54) is 23.7 Å². The highest BCUT2D eigenvalue weighted by atomic mass is 32.1. The number of carbonyl (C=O) groups excluding carboxylic acids is 1. The Hall–Kier alpha value is -4.63. The zero-order valence-corrected chi connectivity index (χ0v) is 25.2. The van der Waals surface area contributed by atoms with Gasteiger partial charge in [0.2, 0.25) is 11.9 Å². The molecule has 0 saturated carbocycles. The predicted molar refractivity (Wildman–Crippen MR) is 164 cm³/mol. The van der Waals surface area contributed by atoms with Crippen LogP contribution in [0.25, 0.3) is 17.1 Å². The number of benzene rings is 3. The first-order valence-corrected chi connectivity index (χ1v) is 14.1. The monoisotopic (exact) mass is 647 g/mol. The van der Waals surface area contributed by atoms with Crippen LogP contribution in [0.2, 0.25) is 0 Å². The fraction of sp³-hybridized carbons (Fsp3) is 0.267. The third-order valence-electron chi connectivity index (χ3n) is 6.34. The quantitative estimate of drug-likeness (QED) is 0.0627. The molecule has 45 heavy (non-hydrogen) atoms. The number of hydrazine groups is 1. The Morgan fingerprint density at radius 1 is 0.956 bits per heavy atom. The van der Waals surface area contributed by atoms with Gasteiger partial charge in [0.05, 0.1) is 5.69 Å². The van der Waals surface area contributed by atoms with Crippen molar-refractivity contribution in [1.29, 1.82) is 0 Å². The molecule has 4 aromatic rings. The summed E-state index contributed by atoms with van der Waals surface area (Å²) >= 11 is 5.39. The maximum Gasteiger partial charge on any atom is 0.499 e. The van der Waals surface area contributed by atoms with Crippen LogP contribution in [-0.2, 0) is 11.2 Å². The number of carbonyl (C=O) groups is 1. The molecule has 0 aliphatic rings. The molecule has 15 heteroatoms. The SMILES string of the molecule is CC(=O)Nc1nc(-c2ccc(CCNNC(=S)Nc3ccccc3C(C)C)cc2)nn1-c1ccc(OC(F)(F)C(F)(F)F)cc1. The van der Waals surface area contributed by atoms with Gasteiger partial charge in [0.15, 0.2) is 10.9 Å². The highest BCUT2D eigenvalue weighted by Crippen LogP contribution is 2.37. The second kappa shape index (κ2) is 14.0. The van der Waals surface area contributed by atoms with Gasteiger partial charge in [-0.25, -0.2) is 5.43 Å². The number of aromatic nitrogens is 3. The van der Waals surface area contributed by atoms with E-state index < -0.39 is 23.9 Å². The van der Waals surface area contributed by atoms with Crippen molar-refractivity contribution in [2.24, 2.45) is 0 Å². The number of alkyl halides is 5. The molecule has 0 atom stereocenters. The van der Waals surface area contributed by atoms with Gasteiger partial charge in [-0.05, 0) is 66.0 Å². The van der Waals surface area contributed by atoms with Crippen LogP contribution in [0.1, 0.15) is 37.8 Å². The van der Waals surface area contributed by atoms with Crippen molar-refractivity contribution in [1.82, 2.24) is 25.6 Å². The van der Waals surface area contributed by atoms with Crippen molar-refractivity contribution in [3.63, 3.8) is 0 Å². The number of thiocarbonyl (C=S) groups is 1. The van der Waals surface area contributed by atoms with Crippen molar-refractivity contribution in [2.75, 3.05) is 17.2 Å². The molecule has 1 amide bonds. The van der Waals surface area contributed by atoms with Gasteiger partial charge in [-0.2, -0.15) is 31.6 Å². The van der Waals surface area contributed by atoms with Gasteiger partial charge in [-0.1, -0.05) is 56.3 Å². The maximum atomic E-state index is 13.3. The molecular weight excluding hydrogens is 617 g/mol. The van der Waals surface area contributed by atoms with E-state index in [0.29, 0.717) is 29.6 Å². The molecule has 0 fully saturated rings. The Balaban J connectivity index is 1.38. The van der Waals surface area contributed by atoms with Crippen molar-refractivity contribution < 1.29 is 31.5 Å². The molecule has 1 aromatic heterocycles. The number of anilines is 2. The Morgan fingerprint density at radius 3 is 2.24 bits per heavy atom. The largest absolute Gasteiger partial charge is 0.499 e. The van der Waals surface area contributed by atoms with E-state index in [0.717, 1.165) is 28.9 Å². The molecule has 4 N–H and O–H groups in total. The summed E-state index contributed by atoms with van der Waals surface area (Å²) < 4.78 is 69.0. The van der Waals surface area contributed by atoms with E-state index in [4.69, 9.17) is 12.2 Å². The first kappa shape index (κ1) is 33.3. The van der Waals surface area contributed by atoms with Crippen LogP contribution in [0.5, 0.6) is 5.75 Å². The number of nitrogens with one attached hydrogen (secondary N) is 4. The Kier molecular flexibility index (Phi) is 10.3. The normalized spacial score (nSPS) is 11.8. The van der Waals surface area contributed by atoms with Gasteiger partial charge in [0, 0.05) is 24.7 Å². The summed E-state index contributed by atoms with van der Waals surface area (Å²) in [5, 5.41) is 10.6. The lowest BCUT2D eigenvalue weighted by Gasteiger charge is -2.20. The van der Waals surface area contributed by atoms with Crippen LogP contribution >= 0.6 is 12.2 Å². The van der Waals surface area contributed by atoms with Gasteiger partial charge in [-0.15, -0.1) is 5.10 Å². The lowest BCUT2D eigenvalue weighted by atomic mass is 10.0. The number of para-hydroxylation sites is 1. The molecular formula is C30H30F5N7O2S. The minimum atomic E-state index is -5.88. The lowest BCUT2D eigenvalue weighted by Crippen LogP contribution is -2.41. The van der Waals surface area contributed by atoms with Crippen LogP contribution in [0.4, 0.5) is 33.6 Å². The molecule has 0 spiro atoms. The molecule has 0 bridgehead atoms. The van der Waals surface area contributed by atoms with E-state index in [-0.39, 0.29) is 17.5 Å². The van der Waals surface area contributed by atoms with Gasteiger partial charge < -0.3 is 10.1 Å². The standard InChI is InChI=1S/C30H30F5N7O2S/c1-18(2)24-6-4-5-7-25(24)38-28(45)40-36-17-16-20-8-10-21(11-9-20)26-39-27(37-19(3)43)42(41-26)22-12-14-23(15-13-22)44-30(34,35)29(31,32)33/h4-15,18,36H,16-17H2,1-3H3,(H2,38,40,45)(H,37,39,41,43). The van der Waals surface area contributed by atoms with E-state index in [1.807, 2.05) is 30.3 Å². The maximum absolute atomic E-state index is 13.3. The Bertz CT molecular complexity index is 1630. The molecule has 238 valence electrons. The van der Waals surface area contributed by atoms with Crippen molar-refractivity contribution >= 4 is 34.9 Å². The average molecular weight is 648 g/mol. The van der Waals surface area contributed by atoms with Crippen LogP contribution in [0.3, 0.4) is 0 Å². The van der Waals surface area contributed by atoms with Gasteiger partial charge in [0.1, 0.15) is 5.75 Å². The topological polar surface area (TPSA) is 105 Å². The number of nitrogens with zero attached hydrogens (tertiary/aromatic N) is 3. The number of rotatable bonds is 11. The highest BCUT2D eigenvalue weighted by molar-refractivity contribution is 7.80. The van der Waals surface area contributed by atoms with Crippen molar-refractivity contribution in [2.45, 2.75) is 45.4 Å². The fourth-order valence-corrected chi connectivity index (χ4v) is 4.33. The predicted octanol–water partition coefficient (Wildman–Crippen LogP) is 6.58. The number of hydrogen-bond donors (Lipinski definition) is 4. The smallest absolute Gasteiger partial charge is 0.426 e. The molecule has 3 aromatic carbocycles. The second-order valence-corrected chi connectivity index (χ2v) is 10.6. The van der Waals surface area contributed by atoms with E-state index in [2.05, 4.69) is 56.2 Å². The van der Waals surface area contributed by atoms with Crippen LogP contribution in [0.15, 0.2) is 72.8 Å². The van der Waals surface area contributed by atoms with Gasteiger partial charge >= 0.3 is 12.3 Å². The van der Waals surface area contributed by atoms with Gasteiger partial charge in [-0.3, -0.25) is 15.5 Å². The number of hydrogen-bond acceptors (Lipinski definition) is 6. The summed E-state index contributed by atoms with van der Waals surface area (Å²) in [6.07, 6.45) is -10.6. The fourth-order valence-electron chi connectivity index (χ4n) is 4.15. The number of halogens is 5. The molecule has 0 radical (unpaired) electrons. The van der Waals surface area contributed by atoms with Crippen LogP contribution in [0, 0.1) is 0 Å². The molecule has 0 unspecified atom stereocenters. The summed E-state index contributed by atoms with van der Waals surface area (Å²) in [7, 11) is 0. The highest BCUT2D eigenvalue weighted by Gasteiger charge is 2.61. The first-order valence-electron chi connectivity index (χ1n) is 13.7. The average Bonchev–Trinajstić information content (AvgIpc) is 3.38. The summed E-state index contributed by atoms with van der Waals surface area (Å²) in [5.41, 5.74) is 10.0. The summed E-state index contributed by atoms with van der Waals surface area (Å²) in [5.74, 6) is -0.556. The van der Waals surface area contributed by atoms with E-state index in [9.17, 15) is 26.7 Å². The number of amides is 1. The van der Waals surface area contributed by atoms with Gasteiger partial charge in [0.25, 0.3) is 0 Å². The molecule has 9 nitrogen and oxygen atoms in total. The summed E-state index contributed by atoms with van der Waals surface area (Å²) in [6, 6.07) is 19.6. The first-order chi connectivity index (χ1) is 21.2. The Labute approximate surface area is 261 Å². The molecule has 1 heterocycles. The lowest BCUT2D eigenvalue weighted by molar-refractivity contribution is -0.360. The summed E-state index contributed by atoms with van der Waals surface area (Å²) in [6.45, 7) is 6.06. The summed E-state index contributed by atoms with van der Waals surface area (Å²) in [4.78, 5) is 16.1. The number of ether oxygens (including phenoxy) is 1. The minimum Gasteiger partial charge on any atom is -0.426 e. The van der Waals surface area contributed by atoms with Crippen molar-refractivity contribution in [3.05, 3.63) is 83.9 Å². The Morgan fingerprint density at radius 2 is 1.62 bits per heavy atom. The van der Waals surface area contributed by atoms with Crippen molar-refractivity contribution in [3.8, 4) is 22.8 Å². The molecule has 0 aliphatic heterocycles. The minimum absolute atomic E-state index is 0.0201. The molecule has 0 aliphatic carbocycles.